The highest BCUT2D eigenvalue weighted by atomic mass is 16.3. The van der Waals surface area contributed by atoms with E-state index < -0.39 is 0 Å². The van der Waals surface area contributed by atoms with Gasteiger partial charge in [-0.05, 0) is 41.7 Å². The van der Waals surface area contributed by atoms with Crippen LogP contribution >= 0.6 is 0 Å². The minimum absolute atomic E-state index is 0.0993. The van der Waals surface area contributed by atoms with E-state index in [0.717, 1.165) is 11.3 Å². The number of nitrogens with one attached hydrogen (secondary N) is 1. The second kappa shape index (κ2) is 5.58. The van der Waals surface area contributed by atoms with E-state index in [-0.39, 0.29) is 11.5 Å². The topological polar surface area (TPSA) is 32.3 Å². The molecule has 2 rings (SSSR count). The van der Waals surface area contributed by atoms with Gasteiger partial charge in [-0.3, -0.25) is 0 Å². The number of aromatic hydroxyl groups is 1. The monoisotopic (exact) mass is 269 g/mol. The Bertz CT molecular complexity index is 584. The van der Waals surface area contributed by atoms with Crippen LogP contribution in [0.25, 0.3) is 0 Å². The van der Waals surface area contributed by atoms with Crippen LogP contribution in [0.3, 0.4) is 0 Å². The van der Waals surface area contributed by atoms with Crippen LogP contribution in [-0.2, 0) is 5.41 Å². The average molecular weight is 269 g/mol. The smallest absolute Gasteiger partial charge is 0.115 e. The number of hydrogen-bond acceptors (Lipinski definition) is 2. The fraction of sp³-hybridized carbons (Fsp3) is 0.333. The number of phenolic OH excluding ortho intramolecular Hbond substituents is 1. The second-order valence-electron chi connectivity index (χ2n) is 6.26. The molecule has 106 valence electrons. The van der Waals surface area contributed by atoms with E-state index in [4.69, 9.17) is 0 Å². The zero-order valence-electron chi connectivity index (χ0n) is 12.6. The highest BCUT2D eigenvalue weighted by Crippen LogP contribution is 2.31. The highest BCUT2D eigenvalue weighted by Gasteiger charge is 2.18. The van der Waals surface area contributed by atoms with Crippen molar-refractivity contribution in [3.05, 3.63) is 59.7 Å². The number of rotatable bonds is 3. The van der Waals surface area contributed by atoms with Crippen LogP contribution in [0.1, 0.15) is 44.9 Å². The molecule has 2 aromatic carbocycles. The Hall–Kier alpha value is -1.96. The van der Waals surface area contributed by atoms with E-state index in [1.54, 1.807) is 12.1 Å². The Morgan fingerprint density at radius 3 is 2.35 bits per heavy atom. The lowest BCUT2D eigenvalue weighted by molar-refractivity contribution is 0.474. The van der Waals surface area contributed by atoms with Crippen molar-refractivity contribution in [2.45, 2.75) is 39.2 Å². The number of hydrogen-bond donors (Lipinski definition) is 2. The van der Waals surface area contributed by atoms with Gasteiger partial charge < -0.3 is 10.4 Å². The maximum atomic E-state index is 9.58. The second-order valence-corrected chi connectivity index (χ2v) is 6.26. The van der Waals surface area contributed by atoms with Gasteiger partial charge in [-0.15, -0.1) is 0 Å². The van der Waals surface area contributed by atoms with E-state index >= 15 is 0 Å². The Balaban J connectivity index is 2.26. The third kappa shape index (κ3) is 3.32. The Labute approximate surface area is 121 Å². The van der Waals surface area contributed by atoms with Gasteiger partial charge in [0.1, 0.15) is 5.75 Å². The predicted molar refractivity (Wildman–Crippen MR) is 85.3 cm³/mol. The summed E-state index contributed by atoms with van der Waals surface area (Å²) in [6.07, 6.45) is 0. The maximum absolute atomic E-state index is 9.58. The SMILES string of the molecule is CC(Nc1ccccc1C(C)(C)C)c1cccc(O)c1. The molecule has 1 atom stereocenters. The number of phenols is 1. The van der Waals surface area contributed by atoms with Gasteiger partial charge in [0.15, 0.2) is 0 Å². The van der Waals surface area contributed by atoms with Gasteiger partial charge in [0.25, 0.3) is 0 Å². The Morgan fingerprint density at radius 2 is 1.70 bits per heavy atom. The molecule has 2 heteroatoms. The van der Waals surface area contributed by atoms with Gasteiger partial charge >= 0.3 is 0 Å². The summed E-state index contributed by atoms with van der Waals surface area (Å²) in [6, 6.07) is 15.9. The summed E-state index contributed by atoms with van der Waals surface area (Å²) in [7, 11) is 0. The molecule has 2 aromatic rings. The fourth-order valence-electron chi connectivity index (χ4n) is 2.37. The molecule has 0 fully saturated rings. The third-order valence-corrected chi connectivity index (χ3v) is 3.48. The van der Waals surface area contributed by atoms with E-state index in [9.17, 15) is 5.11 Å². The first kappa shape index (κ1) is 14.4. The Kier molecular flexibility index (Phi) is 4.03. The van der Waals surface area contributed by atoms with E-state index in [1.807, 2.05) is 18.2 Å². The van der Waals surface area contributed by atoms with Gasteiger partial charge in [-0.1, -0.05) is 51.1 Å². The van der Waals surface area contributed by atoms with Crippen LogP contribution < -0.4 is 5.32 Å². The lowest BCUT2D eigenvalue weighted by Crippen LogP contribution is -2.16. The first-order valence-electron chi connectivity index (χ1n) is 7.03. The highest BCUT2D eigenvalue weighted by molar-refractivity contribution is 5.55. The molecule has 2 N–H and O–H groups in total. The average Bonchev–Trinajstić information content (AvgIpc) is 2.38. The summed E-state index contributed by atoms with van der Waals surface area (Å²) in [5.41, 5.74) is 3.62. The van der Waals surface area contributed by atoms with Crippen molar-refractivity contribution in [3.63, 3.8) is 0 Å². The molecule has 0 saturated carbocycles. The van der Waals surface area contributed by atoms with Gasteiger partial charge in [0, 0.05) is 11.7 Å². The summed E-state index contributed by atoms with van der Waals surface area (Å²) < 4.78 is 0. The molecule has 0 aliphatic rings. The zero-order valence-corrected chi connectivity index (χ0v) is 12.6. The molecule has 0 heterocycles. The summed E-state index contributed by atoms with van der Waals surface area (Å²) in [6.45, 7) is 8.75. The predicted octanol–water partition coefficient (Wildman–Crippen LogP) is 4.86. The standard InChI is InChI=1S/C18H23NO/c1-13(14-8-7-9-15(20)12-14)19-17-11-6-5-10-16(17)18(2,3)4/h5-13,19-20H,1-4H3. The lowest BCUT2D eigenvalue weighted by atomic mass is 9.85. The molecule has 0 spiro atoms. The minimum atomic E-state index is 0.0993. The van der Waals surface area contributed by atoms with E-state index in [2.05, 4.69) is 51.2 Å². The normalized spacial score (nSPS) is 13.0. The third-order valence-electron chi connectivity index (χ3n) is 3.48. The molecule has 0 aromatic heterocycles. The maximum Gasteiger partial charge on any atom is 0.115 e. The van der Waals surface area contributed by atoms with Crippen molar-refractivity contribution in [1.82, 2.24) is 0 Å². The Morgan fingerprint density at radius 1 is 1.00 bits per heavy atom. The summed E-state index contributed by atoms with van der Waals surface area (Å²) in [5, 5.41) is 13.1. The van der Waals surface area contributed by atoms with Crippen molar-refractivity contribution >= 4 is 5.69 Å². The van der Waals surface area contributed by atoms with Crippen LogP contribution in [0.5, 0.6) is 5.75 Å². The molecule has 0 aliphatic carbocycles. The zero-order chi connectivity index (χ0) is 14.8. The molecule has 0 bridgehead atoms. The first-order valence-corrected chi connectivity index (χ1v) is 7.03. The minimum Gasteiger partial charge on any atom is -0.508 e. The molecule has 2 nitrogen and oxygen atoms in total. The lowest BCUT2D eigenvalue weighted by Gasteiger charge is -2.25. The molecular formula is C18H23NO. The van der Waals surface area contributed by atoms with Crippen LogP contribution in [-0.4, -0.2) is 5.11 Å². The molecule has 0 aliphatic heterocycles. The molecule has 1 unspecified atom stereocenters. The summed E-state index contributed by atoms with van der Waals surface area (Å²) in [5.74, 6) is 0.306. The van der Waals surface area contributed by atoms with Crippen molar-refractivity contribution < 1.29 is 5.11 Å². The summed E-state index contributed by atoms with van der Waals surface area (Å²) in [4.78, 5) is 0. The van der Waals surface area contributed by atoms with Crippen molar-refractivity contribution in [1.29, 1.82) is 0 Å². The number of anilines is 1. The van der Waals surface area contributed by atoms with Crippen LogP contribution in [0, 0.1) is 0 Å². The molecule has 0 radical (unpaired) electrons. The van der Waals surface area contributed by atoms with Gasteiger partial charge in [-0.25, -0.2) is 0 Å². The van der Waals surface area contributed by atoms with Crippen molar-refractivity contribution in [2.75, 3.05) is 5.32 Å². The molecular weight excluding hydrogens is 246 g/mol. The number of para-hydroxylation sites is 1. The van der Waals surface area contributed by atoms with Crippen LogP contribution in [0.15, 0.2) is 48.5 Å². The van der Waals surface area contributed by atoms with Gasteiger partial charge in [0.05, 0.1) is 0 Å². The quantitative estimate of drug-likeness (QED) is 0.833. The molecule has 0 saturated heterocycles. The van der Waals surface area contributed by atoms with E-state index in [0.29, 0.717) is 5.75 Å². The van der Waals surface area contributed by atoms with Crippen molar-refractivity contribution in [2.24, 2.45) is 0 Å². The van der Waals surface area contributed by atoms with E-state index in [1.165, 1.54) is 5.56 Å². The van der Waals surface area contributed by atoms with Gasteiger partial charge in [0.2, 0.25) is 0 Å². The van der Waals surface area contributed by atoms with Gasteiger partial charge in [-0.2, -0.15) is 0 Å². The fourth-order valence-corrected chi connectivity index (χ4v) is 2.37. The molecule has 0 amide bonds. The van der Waals surface area contributed by atoms with Crippen LogP contribution in [0.4, 0.5) is 5.69 Å². The number of benzene rings is 2. The molecule has 20 heavy (non-hydrogen) atoms. The largest absolute Gasteiger partial charge is 0.508 e. The van der Waals surface area contributed by atoms with Crippen LogP contribution in [0.2, 0.25) is 0 Å². The summed E-state index contributed by atoms with van der Waals surface area (Å²) >= 11 is 0. The first-order chi connectivity index (χ1) is 9.38. The van der Waals surface area contributed by atoms with Crippen molar-refractivity contribution in [3.8, 4) is 5.75 Å².